The molecule has 110 valence electrons. The standard InChI is InChI=1S/C16H28BrNO/c1-12(2)10-16(7-3-4-8-16)15(19)18-11-13-5-6-14(17)9-13/h12-14H,3-11H2,1-2H3,(H,18,19). The largest absolute Gasteiger partial charge is 0.355 e. The summed E-state index contributed by atoms with van der Waals surface area (Å²) in [6, 6.07) is 0. The van der Waals surface area contributed by atoms with Gasteiger partial charge in [0.25, 0.3) is 0 Å². The number of halogens is 1. The first kappa shape index (κ1) is 15.3. The third-order valence-corrected chi connectivity index (χ3v) is 5.70. The molecule has 0 bridgehead atoms. The molecule has 1 N–H and O–H groups in total. The van der Waals surface area contributed by atoms with E-state index in [0.29, 0.717) is 22.6 Å². The molecule has 0 spiro atoms. The number of rotatable bonds is 5. The van der Waals surface area contributed by atoms with Crippen molar-refractivity contribution in [2.24, 2.45) is 17.3 Å². The van der Waals surface area contributed by atoms with Crippen molar-refractivity contribution in [1.82, 2.24) is 5.32 Å². The zero-order valence-corrected chi connectivity index (χ0v) is 14.0. The van der Waals surface area contributed by atoms with Gasteiger partial charge in [0, 0.05) is 16.8 Å². The predicted octanol–water partition coefficient (Wildman–Crippen LogP) is 4.27. The summed E-state index contributed by atoms with van der Waals surface area (Å²) < 4.78 is 0. The van der Waals surface area contributed by atoms with Gasteiger partial charge in [-0.15, -0.1) is 0 Å². The number of carbonyl (C=O) groups is 1. The van der Waals surface area contributed by atoms with Crippen LogP contribution in [0.3, 0.4) is 0 Å². The molecule has 2 aliphatic rings. The molecule has 2 atom stereocenters. The average molecular weight is 330 g/mol. The van der Waals surface area contributed by atoms with Gasteiger partial charge in [-0.1, -0.05) is 42.6 Å². The molecule has 1 amide bonds. The fourth-order valence-corrected chi connectivity index (χ4v) is 4.77. The Labute approximate surface area is 126 Å². The molecular weight excluding hydrogens is 302 g/mol. The van der Waals surface area contributed by atoms with E-state index in [2.05, 4.69) is 35.1 Å². The van der Waals surface area contributed by atoms with Crippen molar-refractivity contribution in [2.45, 2.75) is 70.0 Å². The molecule has 2 nitrogen and oxygen atoms in total. The molecule has 0 aliphatic heterocycles. The molecule has 0 aromatic carbocycles. The van der Waals surface area contributed by atoms with E-state index >= 15 is 0 Å². The summed E-state index contributed by atoms with van der Waals surface area (Å²) in [5, 5.41) is 3.27. The minimum absolute atomic E-state index is 0.0411. The summed E-state index contributed by atoms with van der Waals surface area (Å²) in [4.78, 5) is 13.3. The van der Waals surface area contributed by atoms with Crippen molar-refractivity contribution in [3.63, 3.8) is 0 Å². The van der Waals surface area contributed by atoms with Gasteiger partial charge < -0.3 is 5.32 Å². The first-order valence-electron chi connectivity index (χ1n) is 7.94. The maximum Gasteiger partial charge on any atom is 0.226 e. The van der Waals surface area contributed by atoms with Gasteiger partial charge in [-0.25, -0.2) is 0 Å². The monoisotopic (exact) mass is 329 g/mol. The highest BCUT2D eigenvalue weighted by atomic mass is 79.9. The lowest BCUT2D eigenvalue weighted by atomic mass is 9.77. The van der Waals surface area contributed by atoms with Crippen LogP contribution in [0.4, 0.5) is 0 Å². The number of alkyl halides is 1. The SMILES string of the molecule is CC(C)CC1(C(=O)NCC2CCC(Br)C2)CCCC1. The lowest BCUT2D eigenvalue weighted by molar-refractivity contribution is -0.132. The minimum atomic E-state index is -0.0411. The molecule has 0 aromatic heterocycles. The molecule has 0 radical (unpaired) electrons. The summed E-state index contributed by atoms with van der Waals surface area (Å²) in [6.45, 7) is 5.36. The van der Waals surface area contributed by atoms with Gasteiger partial charge in [-0.05, 0) is 50.4 Å². The molecule has 2 aliphatic carbocycles. The maximum absolute atomic E-state index is 12.6. The van der Waals surface area contributed by atoms with Crippen molar-refractivity contribution >= 4 is 21.8 Å². The summed E-state index contributed by atoms with van der Waals surface area (Å²) in [5.41, 5.74) is -0.0411. The number of nitrogens with one attached hydrogen (secondary N) is 1. The lowest BCUT2D eigenvalue weighted by Gasteiger charge is -2.30. The molecule has 2 fully saturated rings. The fourth-order valence-electron chi connectivity index (χ4n) is 3.98. The average Bonchev–Trinajstić information content (AvgIpc) is 2.95. The Morgan fingerprint density at radius 1 is 1.32 bits per heavy atom. The van der Waals surface area contributed by atoms with E-state index in [9.17, 15) is 4.79 Å². The topological polar surface area (TPSA) is 29.1 Å². The van der Waals surface area contributed by atoms with E-state index < -0.39 is 0 Å². The van der Waals surface area contributed by atoms with Gasteiger partial charge in [0.15, 0.2) is 0 Å². The van der Waals surface area contributed by atoms with Crippen molar-refractivity contribution in [2.75, 3.05) is 6.54 Å². The third-order valence-electron chi connectivity index (χ3n) is 4.87. The summed E-state index contributed by atoms with van der Waals surface area (Å²) in [7, 11) is 0. The quantitative estimate of drug-likeness (QED) is 0.749. The number of hydrogen-bond acceptors (Lipinski definition) is 1. The van der Waals surface area contributed by atoms with E-state index in [1.54, 1.807) is 0 Å². The van der Waals surface area contributed by atoms with Gasteiger partial charge in [0.1, 0.15) is 0 Å². The summed E-state index contributed by atoms with van der Waals surface area (Å²) >= 11 is 3.68. The van der Waals surface area contributed by atoms with Crippen molar-refractivity contribution in [1.29, 1.82) is 0 Å². The van der Waals surface area contributed by atoms with Crippen LogP contribution >= 0.6 is 15.9 Å². The fraction of sp³-hybridized carbons (Fsp3) is 0.938. The van der Waals surface area contributed by atoms with Gasteiger partial charge in [-0.3, -0.25) is 4.79 Å². The third kappa shape index (κ3) is 3.96. The van der Waals surface area contributed by atoms with Crippen LogP contribution in [0.1, 0.15) is 65.2 Å². The Bertz CT molecular complexity index is 310. The van der Waals surface area contributed by atoms with Crippen LogP contribution in [0.5, 0.6) is 0 Å². The molecule has 2 saturated carbocycles. The van der Waals surface area contributed by atoms with Crippen LogP contribution in [-0.4, -0.2) is 17.3 Å². The lowest BCUT2D eigenvalue weighted by Crippen LogP contribution is -2.41. The normalized spacial score (nSPS) is 29.9. The molecule has 2 unspecified atom stereocenters. The van der Waals surface area contributed by atoms with Crippen molar-refractivity contribution in [3.8, 4) is 0 Å². The maximum atomic E-state index is 12.6. The predicted molar refractivity (Wildman–Crippen MR) is 83.4 cm³/mol. The molecule has 0 saturated heterocycles. The van der Waals surface area contributed by atoms with E-state index in [4.69, 9.17) is 0 Å². The van der Waals surface area contributed by atoms with Crippen LogP contribution in [0, 0.1) is 17.3 Å². The van der Waals surface area contributed by atoms with Crippen LogP contribution in [0.15, 0.2) is 0 Å². The number of hydrogen-bond donors (Lipinski definition) is 1. The van der Waals surface area contributed by atoms with Gasteiger partial charge in [0.05, 0.1) is 0 Å². The van der Waals surface area contributed by atoms with Crippen molar-refractivity contribution < 1.29 is 4.79 Å². The Balaban J connectivity index is 1.85. The van der Waals surface area contributed by atoms with Crippen molar-refractivity contribution in [3.05, 3.63) is 0 Å². The van der Waals surface area contributed by atoms with Gasteiger partial charge >= 0.3 is 0 Å². The minimum Gasteiger partial charge on any atom is -0.355 e. The Kier molecular flexibility index (Phi) is 5.33. The van der Waals surface area contributed by atoms with Gasteiger partial charge in [0.2, 0.25) is 5.91 Å². The second-order valence-electron chi connectivity index (χ2n) is 7.07. The van der Waals surface area contributed by atoms with E-state index in [1.807, 2.05) is 0 Å². The first-order valence-corrected chi connectivity index (χ1v) is 8.86. The molecule has 0 aromatic rings. The zero-order valence-electron chi connectivity index (χ0n) is 12.4. The highest BCUT2D eigenvalue weighted by molar-refractivity contribution is 9.09. The molecule has 19 heavy (non-hydrogen) atoms. The second kappa shape index (κ2) is 6.60. The molecule has 3 heteroatoms. The first-order chi connectivity index (χ1) is 9.02. The number of amides is 1. The Hall–Kier alpha value is -0.0500. The van der Waals surface area contributed by atoms with E-state index in [0.717, 1.165) is 25.8 Å². The molecule has 0 heterocycles. The second-order valence-corrected chi connectivity index (χ2v) is 8.37. The van der Waals surface area contributed by atoms with E-state index in [-0.39, 0.29) is 5.41 Å². The van der Waals surface area contributed by atoms with Crippen LogP contribution in [-0.2, 0) is 4.79 Å². The molecule has 2 rings (SSSR count). The highest BCUT2D eigenvalue weighted by Gasteiger charge is 2.41. The smallest absolute Gasteiger partial charge is 0.226 e. The zero-order chi connectivity index (χ0) is 13.9. The van der Waals surface area contributed by atoms with Crippen LogP contribution in [0.2, 0.25) is 0 Å². The summed E-state index contributed by atoms with van der Waals surface area (Å²) in [5.74, 6) is 1.64. The summed E-state index contributed by atoms with van der Waals surface area (Å²) in [6.07, 6.45) is 9.46. The van der Waals surface area contributed by atoms with Crippen LogP contribution in [0.25, 0.3) is 0 Å². The Morgan fingerprint density at radius 2 is 2.00 bits per heavy atom. The number of carbonyl (C=O) groups excluding carboxylic acids is 1. The van der Waals surface area contributed by atoms with E-state index in [1.165, 1.54) is 32.1 Å². The Morgan fingerprint density at radius 3 is 2.53 bits per heavy atom. The van der Waals surface area contributed by atoms with Gasteiger partial charge in [-0.2, -0.15) is 0 Å². The highest BCUT2D eigenvalue weighted by Crippen LogP contribution is 2.43. The molecular formula is C16H28BrNO. The van der Waals surface area contributed by atoms with Crippen LogP contribution < -0.4 is 5.32 Å².